The van der Waals surface area contributed by atoms with Crippen LogP contribution in [0.1, 0.15) is 38.9 Å². The van der Waals surface area contributed by atoms with Gasteiger partial charge in [-0.3, -0.25) is 9.59 Å². The molecule has 0 spiro atoms. The summed E-state index contributed by atoms with van der Waals surface area (Å²) in [6, 6.07) is 16.8. The molecule has 6 nitrogen and oxygen atoms in total. The van der Waals surface area contributed by atoms with Crippen molar-refractivity contribution in [1.82, 2.24) is 4.90 Å². The van der Waals surface area contributed by atoms with E-state index in [9.17, 15) is 14.7 Å². The van der Waals surface area contributed by atoms with Crippen LogP contribution in [0.3, 0.4) is 0 Å². The van der Waals surface area contributed by atoms with Crippen LogP contribution in [0.15, 0.2) is 69.9 Å². The smallest absolute Gasteiger partial charge is 0.291 e. The second-order valence-corrected chi connectivity index (χ2v) is 8.43. The summed E-state index contributed by atoms with van der Waals surface area (Å²) in [5.74, 6) is -0.148. The van der Waals surface area contributed by atoms with Gasteiger partial charge in [0.1, 0.15) is 5.58 Å². The van der Waals surface area contributed by atoms with Crippen molar-refractivity contribution in [2.75, 3.05) is 7.11 Å². The Morgan fingerprint density at radius 2 is 1.85 bits per heavy atom. The minimum Gasteiger partial charge on any atom is -0.504 e. The highest BCUT2D eigenvalue weighted by Gasteiger charge is 2.43. The zero-order valence-corrected chi connectivity index (χ0v) is 18.7. The highest BCUT2D eigenvalue weighted by atomic mass is 35.5. The number of aromatic hydroxyl groups is 1. The second kappa shape index (κ2) is 7.98. The van der Waals surface area contributed by atoms with E-state index in [0.717, 1.165) is 11.1 Å². The number of ether oxygens (including phenoxy) is 1. The summed E-state index contributed by atoms with van der Waals surface area (Å²) < 4.78 is 11.3. The van der Waals surface area contributed by atoms with E-state index in [1.165, 1.54) is 13.2 Å². The number of hydrogen-bond donors (Lipinski definition) is 1. The normalized spacial score (nSPS) is 15.2. The molecule has 166 valence electrons. The number of aryl methyl sites for hydroxylation is 1. The van der Waals surface area contributed by atoms with Crippen molar-refractivity contribution >= 4 is 28.5 Å². The topological polar surface area (TPSA) is 80.0 Å². The molecule has 1 aliphatic rings. The lowest BCUT2D eigenvalue weighted by Crippen LogP contribution is -2.29. The number of carbonyl (C=O) groups is 1. The molecule has 7 heteroatoms. The van der Waals surface area contributed by atoms with Crippen molar-refractivity contribution in [1.29, 1.82) is 0 Å². The van der Waals surface area contributed by atoms with Gasteiger partial charge in [0.05, 0.1) is 24.1 Å². The first-order chi connectivity index (χ1) is 15.9. The zero-order chi connectivity index (χ0) is 23.3. The highest BCUT2D eigenvalue weighted by molar-refractivity contribution is 6.32. The molecule has 1 amide bonds. The fourth-order valence-corrected chi connectivity index (χ4v) is 4.46. The summed E-state index contributed by atoms with van der Waals surface area (Å²) in [7, 11) is 1.44. The molecule has 0 bridgehead atoms. The van der Waals surface area contributed by atoms with Gasteiger partial charge in [-0.05, 0) is 47.9 Å². The number of phenols is 1. The first-order valence-corrected chi connectivity index (χ1v) is 10.8. The molecule has 0 saturated carbocycles. The number of hydrogen-bond acceptors (Lipinski definition) is 5. The first-order valence-electron chi connectivity index (χ1n) is 10.4. The first kappa shape index (κ1) is 21.1. The summed E-state index contributed by atoms with van der Waals surface area (Å²) >= 11 is 6.28. The van der Waals surface area contributed by atoms with E-state index in [0.29, 0.717) is 21.6 Å². The maximum absolute atomic E-state index is 13.7. The fourth-order valence-electron chi connectivity index (χ4n) is 4.29. The standard InChI is InChI=1S/C26H20ClNO5/c1-14-10-20-17(12-18(14)27)24(30)22-23(16-8-9-19(29)21(11-16)32-2)28(26(31)25(22)33-20)13-15-6-4-3-5-7-15/h3-12,23,29H,13H2,1-2H3/t23-/m1/s1. The lowest BCUT2D eigenvalue weighted by molar-refractivity contribution is 0.0714. The average molecular weight is 462 g/mol. The van der Waals surface area contributed by atoms with Crippen molar-refractivity contribution in [3.05, 3.63) is 104 Å². The molecule has 0 saturated heterocycles. The summed E-state index contributed by atoms with van der Waals surface area (Å²) in [4.78, 5) is 28.8. The van der Waals surface area contributed by atoms with Crippen molar-refractivity contribution < 1.29 is 19.1 Å². The Morgan fingerprint density at radius 1 is 1.09 bits per heavy atom. The number of halogens is 1. The van der Waals surface area contributed by atoms with Gasteiger partial charge in [0.15, 0.2) is 16.9 Å². The Morgan fingerprint density at radius 3 is 2.58 bits per heavy atom. The molecule has 1 N–H and O–H groups in total. The number of rotatable bonds is 4. The van der Waals surface area contributed by atoms with E-state index in [1.54, 1.807) is 29.2 Å². The Kier molecular flexibility index (Phi) is 5.10. The largest absolute Gasteiger partial charge is 0.504 e. The van der Waals surface area contributed by atoms with Gasteiger partial charge in [-0.15, -0.1) is 0 Å². The molecule has 33 heavy (non-hydrogen) atoms. The number of carbonyl (C=O) groups excluding carboxylic acids is 1. The number of amides is 1. The van der Waals surface area contributed by atoms with Gasteiger partial charge in [-0.25, -0.2) is 0 Å². The van der Waals surface area contributed by atoms with Gasteiger partial charge in [0, 0.05) is 11.6 Å². The molecule has 3 aromatic carbocycles. The van der Waals surface area contributed by atoms with E-state index >= 15 is 0 Å². The van der Waals surface area contributed by atoms with Crippen LogP contribution in [-0.2, 0) is 6.54 Å². The molecule has 1 aromatic heterocycles. The molecule has 5 rings (SSSR count). The Labute approximate surface area is 194 Å². The highest BCUT2D eigenvalue weighted by Crippen LogP contribution is 2.41. The lowest BCUT2D eigenvalue weighted by atomic mass is 9.97. The van der Waals surface area contributed by atoms with Crippen LogP contribution in [-0.4, -0.2) is 23.0 Å². The Bertz CT molecular complexity index is 1460. The summed E-state index contributed by atoms with van der Waals surface area (Å²) in [5, 5.41) is 10.8. The third-order valence-corrected chi connectivity index (χ3v) is 6.37. The molecule has 0 aliphatic carbocycles. The number of methoxy groups -OCH3 is 1. The zero-order valence-electron chi connectivity index (χ0n) is 18.0. The second-order valence-electron chi connectivity index (χ2n) is 8.02. The summed E-state index contributed by atoms with van der Waals surface area (Å²) in [6.45, 7) is 2.08. The van der Waals surface area contributed by atoms with Gasteiger partial charge >= 0.3 is 0 Å². The molecule has 1 aliphatic heterocycles. The van der Waals surface area contributed by atoms with Crippen LogP contribution < -0.4 is 10.2 Å². The Hall–Kier alpha value is -3.77. The third kappa shape index (κ3) is 3.43. The SMILES string of the molecule is COc1cc([C@@H]2c3c(oc4cc(C)c(Cl)cc4c3=O)C(=O)N2Cc2ccccc2)ccc1O. The summed E-state index contributed by atoms with van der Waals surface area (Å²) in [6.07, 6.45) is 0. The number of phenolic OH excluding ortho intramolecular Hbond substituents is 1. The van der Waals surface area contributed by atoms with Crippen LogP contribution in [0.25, 0.3) is 11.0 Å². The van der Waals surface area contributed by atoms with Crippen molar-refractivity contribution in [2.24, 2.45) is 0 Å². The molecule has 4 aromatic rings. The average Bonchev–Trinajstić information content (AvgIpc) is 3.08. The van der Waals surface area contributed by atoms with Gasteiger partial charge < -0.3 is 19.2 Å². The minimum atomic E-state index is -0.720. The van der Waals surface area contributed by atoms with Gasteiger partial charge in [-0.1, -0.05) is 48.0 Å². The van der Waals surface area contributed by atoms with Crippen LogP contribution in [0, 0.1) is 6.92 Å². The predicted octanol–water partition coefficient (Wildman–Crippen LogP) is 5.21. The number of benzene rings is 3. The van der Waals surface area contributed by atoms with E-state index in [1.807, 2.05) is 37.3 Å². The minimum absolute atomic E-state index is 0.0159. The molecule has 0 fully saturated rings. The molecule has 0 unspecified atom stereocenters. The number of nitrogens with zero attached hydrogens (tertiary/aromatic N) is 1. The summed E-state index contributed by atoms with van der Waals surface area (Å²) in [5.41, 5.74) is 2.53. The van der Waals surface area contributed by atoms with Crippen molar-refractivity contribution in [3.63, 3.8) is 0 Å². The molecular weight excluding hydrogens is 442 g/mol. The lowest BCUT2D eigenvalue weighted by Gasteiger charge is -2.25. The van der Waals surface area contributed by atoms with E-state index in [4.69, 9.17) is 20.8 Å². The third-order valence-electron chi connectivity index (χ3n) is 5.96. The predicted molar refractivity (Wildman–Crippen MR) is 125 cm³/mol. The van der Waals surface area contributed by atoms with E-state index in [-0.39, 0.29) is 40.7 Å². The molecule has 0 radical (unpaired) electrons. The molecular formula is C26H20ClNO5. The van der Waals surface area contributed by atoms with Crippen LogP contribution >= 0.6 is 11.6 Å². The van der Waals surface area contributed by atoms with Crippen LogP contribution in [0.2, 0.25) is 5.02 Å². The number of fused-ring (bicyclic) bond motifs is 2. The van der Waals surface area contributed by atoms with Crippen LogP contribution in [0.4, 0.5) is 0 Å². The monoisotopic (exact) mass is 461 g/mol. The Balaban J connectivity index is 1.76. The van der Waals surface area contributed by atoms with E-state index in [2.05, 4.69) is 0 Å². The van der Waals surface area contributed by atoms with Gasteiger partial charge in [-0.2, -0.15) is 0 Å². The van der Waals surface area contributed by atoms with Crippen molar-refractivity contribution in [3.8, 4) is 11.5 Å². The van der Waals surface area contributed by atoms with Crippen LogP contribution in [0.5, 0.6) is 11.5 Å². The molecule has 1 atom stereocenters. The van der Waals surface area contributed by atoms with Gasteiger partial charge in [0.25, 0.3) is 5.91 Å². The van der Waals surface area contributed by atoms with E-state index < -0.39 is 6.04 Å². The maximum Gasteiger partial charge on any atom is 0.291 e. The quantitative estimate of drug-likeness (QED) is 0.451. The molecule has 2 heterocycles. The van der Waals surface area contributed by atoms with Crippen molar-refractivity contribution in [2.45, 2.75) is 19.5 Å². The van der Waals surface area contributed by atoms with Gasteiger partial charge in [0.2, 0.25) is 5.76 Å². The maximum atomic E-state index is 13.7. The fraction of sp³-hybridized carbons (Fsp3) is 0.154.